The van der Waals surface area contributed by atoms with Crippen LogP contribution in [0.5, 0.6) is 0 Å². The minimum atomic E-state index is -0.0144. The van der Waals surface area contributed by atoms with Gasteiger partial charge in [0.25, 0.3) is 5.91 Å². The molecule has 0 spiro atoms. The van der Waals surface area contributed by atoms with Gasteiger partial charge in [-0.15, -0.1) is 0 Å². The van der Waals surface area contributed by atoms with Crippen molar-refractivity contribution in [3.05, 3.63) is 40.5 Å². The second kappa shape index (κ2) is 7.15. The molecule has 6 heteroatoms. The number of amides is 1. The Morgan fingerprint density at radius 3 is 2.96 bits per heavy atom. The molecule has 0 atom stereocenters. The third-order valence-electron chi connectivity index (χ3n) is 4.47. The lowest BCUT2D eigenvalue weighted by Gasteiger charge is -2.33. The topological polar surface area (TPSA) is 80.0 Å². The first-order valence-corrected chi connectivity index (χ1v) is 8.38. The number of nitrogens with two attached hydrogens (primary N) is 1. The standard InChI is InChI=1S/C18H24N4O2/c1-3-14-17(21-20-2)15-9-13-11-24-8-5-12(13)10-16(15)22(18(14)23)7-4-6-19/h3,9-10,20H,4-8,11,19H2,1-2H3/b14-3-,21-17+. The zero-order chi connectivity index (χ0) is 17.1. The molecule has 128 valence electrons. The summed E-state index contributed by atoms with van der Waals surface area (Å²) < 4.78 is 5.58. The Balaban J connectivity index is 2.18. The summed E-state index contributed by atoms with van der Waals surface area (Å²) in [5.41, 5.74) is 14.1. The number of benzene rings is 1. The van der Waals surface area contributed by atoms with Crippen molar-refractivity contribution in [2.24, 2.45) is 10.8 Å². The molecule has 0 radical (unpaired) electrons. The Bertz CT molecular complexity index is 709. The second-order valence-corrected chi connectivity index (χ2v) is 5.93. The third kappa shape index (κ3) is 2.83. The summed E-state index contributed by atoms with van der Waals surface area (Å²) in [6.45, 7) is 4.37. The summed E-state index contributed by atoms with van der Waals surface area (Å²) >= 11 is 0. The summed E-state index contributed by atoms with van der Waals surface area (Å²) in [5, 5.41) is 4.38. The van der Waals surface area contributed by atoms with Gasteiger partial charge in [-0.25, -0.2) is 0 Å². The fourth-order valence-electron chi connectivity index (χ4n) is 3.29. The average Bonchev–Trinajstić information content (AvgIpc) is 2.60. The van der Waals surface area contributed by atoms with Crippen LogP contribution >= 0.6 is 0 Å². The average molecular weight is 328 g/mol. The Labute approximate surface area is 142 Å². The number of carbonyl (C=O) groups excluding carboxylic acids is 1. The number of hydrogen-bond donors (Lipinski definition) is 2. The molecule has 2 heterocycles. The second-order valence-electron chi connectivity index (χ2n) is 5.93. The molecule has 0 saturated heterocycles. The van der Waals surface area contributed by atoms with E-state index in [1.165, 1.54) is 11.1 Å². The molecule has 6 nitrogen and oxygen atoms in total. The highest BCUT2D eigenvalue weighted by Gasteiger charge is 2.33. The molecular weight excluding hydrogens is 304 g/mol. The molecular formula is C18H24N4O2. The van der Waals surface area contributed by atoms with Crippen molar-refractivity contribution in [3.8, 4) is 0 Å². The van der Waals surface area contributed by atoms with E-state index in [4.69, 9.17) is 10.5 Å². The van der Waals surface area contributed by atoms with Crippen LogP contribution in [0.2, 0.25) is 0 Å². The van der Waals surface area contributed by atoms with Crippen molar-refractivity contribution in [1.82, 2.24) is 5.43 Å². The molecule has 0 bridgehead atoms. The summed E-state index contributed by atoms with van der Waals surface area (Å²) in [7, 11) is 1.74. The van der Waals surface area contributed by atoms with Crippen LogP contribution in [-0.4, -0.2) is 38.4 Å². The van der Waals surface area contributed by atoms with E-state index >= 15 is 0 Å². The SMILES string of the molecule is C/C=C1\C(=O)N(CCCN)c2cc3c(cc2\C1=N\NC)COCC3. The molecule has 0 unspecified atom stereocenters. The number of nitrogens with zero attached hydrogens (tertiary/aromatic N) is 2. The highest BCUT2D eigenvalue weighted by Crippen LogP contribution is 2.35. The highest BCUT2D eigenvalue weighted by molar-refractivity contribution is 6.36. The monoisotopic (exact) mass is 328 g/mol. The first-order valence-electron chi connectivity index (χ1n) is 8.38. The maximum absolute atomic E-state index is 13.0. The number of rotatable bonds is 4. The predicted molar refractivity (Wildman–Crippen MR) is 95.2 cm³/mol. The van der Waals surface area contributed by atoms with Gasteiger partial charge in [0.05, 0.1) is 24.5 Å². The fourth-order valence-corrected chi connectivity index (χ4v) is 3.29. The minimum Gasteiger partial charge on any atom is -0.376 e. The van der Waals surface area contributed by atoms with Crippen molar-refractivity contribution in [1.29, 1.82) is 0 Å². The molecule has 2 aliphatic rings. The van der Waals surface area contributed by atoms with E-state index in [0.29, 0.717) is 31.0 Å². The van der Waals surface area contributed by atoms with Gasteiger partial charge in [0.1, 0.15) is 5.71 Å². The van der Waals surface area contributed by atoms with Gasteiger partial charge in [-0.3, -0.25) is 4.79 Å². The normalized spacial score (nSPS) is 20.3. The van der Waals surface area contributed by atoms with Gasteiger partial charge in [-0.05, 0) is 49.6 Å². The van der Waals surface area contributed by atoms with Crippen LogP contribution < -0.4 is 16.1 Å². The molecule has 2 aliphatic heterocycles. The Kier molecular flexibility index (Phi) is 4.97. The number of hydrogen-bond acceptors (Lipinski definition) is 5. The largest absolute Gasteiger partial charge is 0.376 e. The van der Waals surface area contributed by atoms with E-state index in [2.05, 4.69) is 22.7 Å². The Morgan fingerprint density at radius 1 is 1.42 bits per heavy atom. The molecule has 3 N–H and O–H groups in total. The summed E-state index contributed by atoms with van der Waals surface area (Å²) in [4.78, 5) is 14.8. The molecule has 0 saturated carbocycles. The minimum absolute atomic E-state index is 0.0144. The predicted octanol–water partition coefficient (Wildman–Crippen LogP) is 1.32. The van der Waals surface area contributed by atoms with Gasteiger partial charge in [-0.2, -0.15) is 5.10 Å². The molecule has 24 heavy (non-hydrogen) atoms. The van der Waals surface area contributed by atoms with Crippen LogP contribution in [0.15, 0.2) is 28.9 Å². The van der Waals surface area contributed by atoms with Crippen LogP contribution in [0.25, 0.3) is 0 Å². The molecule has 1 aromatic carbocycles. The summed E-state index contributed by atoms with van der Waals surface area (Å²) in [5.74, 6) is -0.0144. The van der Waals surface area contributed by atoms with Crippen molar-refractivity contribution in [3.63, 3.8) is 0 Å². The van der Waals surface area contributed by atoms with Crippen LogP contribution in [0.3, 0.4) is 0 Å². The zero-order valence-electron chi connectivity index (χ0n) is 14.3. The number of fused-ring (bicyclic) bond motifs is 2. The molecule has 1 aromatic rings. The van der Waals surface area contributed by atoms with Gasteiger partial charge < -0.3 is 20.8 Å². The van der Waals surface area contributed by atoms with Crippen LogP contribution in [-0.2, 0) is 22.6 Å². The smallest absolute Gasteiger partial charge is 0.260 e. The van der Waals surface area contributed by atoms with Crippen molar-refractivity contribution < 1.29 is 9.53 Å². The van der Waals surface area contributed by atoms with Gasteiger partial charge in [-0.1, -0.05) is 6.08 Å². The number of nitrogens with one attached hydrogen (secondary N) is 1. The van der Waals surface area contributed by atoms with Crippen LogP contribution in [0.1, 0.15) is 30.0 Å². The Hall–Kier alpha value is -2.18. The van der Waals surface area contributed by atoms with Crippen molar-refractivity contribution >= 4 is 17.3 Å². The quantitative estimate of drug-likeness (QED) is 0.645. The van der Waals surface area contributed by atoms with Crippen molar-refractivity contribution in [2.75, 3.05) is 31.6 Å². The molecule has 3 rings (SSSR count). The number of anilines is 1. The lowest BCUT2D eigenvalue weighted by Crippen LogP contribution is -2.41. The lowest BCUT2D eigenvalue weighted by molar-refractivity contribution is -0.114. The van der Waals surface area contributed by atoms with E-state index in [1.807, 2.05) is 17.9 Å². The van der Waals surface area contributed by atoms with E-state index in [-0.39, 0.29) is 5.91 Å². The summed E-state index contributed by atoms with van der Waals surface area (Å²) in [6.07, 6.45) is 3.46. The Morgan fingerprint density at radius 2 is 2.25 bits per heavy atom. The van der Waals surface area contributed by atoms with E-state index in [9.17, 15) is 4.79 Å². The highest BCUT2D eigenvalue weighted by atomic mass is 16.5. The summed E-state index contributed by atoms with van der Waals surface area (Å²) in [6, 6.07) is 4.24. The number of hydrazone groups is 1. The number of carbonyl (C=O) groups is 1. The molecule has 0 fully saturated rings. The van der Waals surface area contributed by atoms with Crippen molar-refractivity contribution in [2.45, 2.75) is 26.4 Å². The fraction of sp³-hybridized carbons (Fsp3) is 0.444. The van der Waals surface area contributed by atoms with Gasteiger partial charge >= 0.3 is 0 Å². The number of ether oxygens (including phenoxy) is 1. The van der Waals surface area contributed by atoms with Crippen LogP contribution in [0.4, 0.5) is 5.69 Å². The zero-order valence-corrected chi connectivity index (χ0v) is 14.3. The van der Waals surface area contributed by atoms with E-state index in [1.54, 1.807) is 7.05 Å². The van der Waals surface area contributed by atoms with Gasteiger partial charge in [0.15, 0.2) is 0 Å². The maximum Gasteiger partial charge on any atom is 0.260 e. The maximum atomic E-state index is 13.0. The lowest BCUT2D eigenvalue weighted by atomic mass is 9.89. The van der Waals surface area contributed by atoms with E-state index < -0.39 is 0 Å². The van der Waals surface area contributed by atoms with Gasteiger partial charge in [0.2, 0.25) is 0 Å². The number of allylic oxidation sites excluding steroid dienone is 1. The van der Waals surface area contributed by atoms with E-state index in [0.717, 1.165) is 30.7 Å². The third-order valence-corrected chi connectivity index (χ3v) is 4.47. The first kappa shape index (κ1) is 16.7. The molecule has 0 aliphatic carbocycles. The molecule has 0 aromatic heterocycles. The van der Waals surface area contributed by atoms with Crippen LogP contribution in [0, 0.1) is 0 Å². The van der Waals surface area contributed by atoms with Gasteiger partial charge in [0, 0.05) is 19.2 Å². The molecule has 1 amide bonds. The first-order chi connectivity index (χ1) is 11.7.